The number of carbonyl (C=O) groups excluding carboxylic acids is 1. The first-order valence-corrected chi connectivity index (χ1v) is 11.0. The summed E-state index contributed by atoms with van der Waals surface area (Å²) in [6, 6.07) is 17.5. The van der Waals surface area contributed by atoms with Gasteiger partial charge in [0, 0.05) is 23.1 Å². The third kappa shape index (κ3) is 4.74. The van der Waals surface area contributed by atoms with Gasteiger partial charge < -0.3 is 15.3 Å². The summed E-state index contributed by atoms with van der Waals surface area (Å²) < 4.78 is 0. The Morgan fingerprint density at radius 3 is 2.38 bits per heavy atom. The van der Waals surface area contributed by atoms with Crippen molar-refractivity contribution in [1.29, 1.82) is 0 Å². The first-order valence-electron chi connectivity index (χ1n) is 10.3. The van der Waals surface area contributed by atoms with E-state index >= 15 is 0 Å². The molecule has 1 amide bonds. The second-order valence-corrected chi connectivity index (χ2v) is 8.75. The molecule has 4 rings (SSSR count). The summed E-state index contributed by atoms with van der Waals surface area (Å²) in [4.78, 5) is 26.5. The van der Waals surface area contributed by atoms with Gasteiger partial charge in [-0.15, -0.1) is 0 Å². The molecule has 0 aromatic heterocycles. The monoisotopic (exact) mass is 468 g/mol. The number of benzene rings is 3. The molecule has 32 heavy (non-hydrogen) atoms. The van der Waals surface area contributed by atoms with Crippen LogP contribution in [-0.4, -0.2) is 23.5 Å². The van der Waals surface area contributed by atoms with Gasteiger partial charge in [-0.2, -0.15) is 0 Å². The number of aromatic carboxylic acids is 1. The van der Waals surface area contributed by atoms with Gasteiger partial charge in [0.25, 0.3) is 5.91 Å². The van der Waals surface area contributed by atoms with E-state index in [0.717, 1.165) is 35.3 Å². The minimum absolute atomic E-state index is 0.206. The Morgan fingerprint density at radius 1 is 1.03 bits per heavy atom. The summed E-state index contributed by atoms with van der Waals surface area (Å²) in [5.74, 6) is -1.20. The zero-order chi connectivity index (χ0) is 22.8. The van der Waals surface area contributed by atoms with E-state index in [-0.39, 0.29) is 17.5 Å². The molecule has 0 unspecified atom stereocenters. The van der Waals surface area contributed by atoms with E-state index < -0.39 is 5.97 Å². The highest BCUT2D eigenvalue weighted by atomic mass is 35.5. The number of anilines is 1. The highest BCUT2D eigenvalue weighted by Crippen LogP contribution is 2.36. The molecular formula is C25H22Cl2N2O3. The van der Waals surface area contributed by atoms with Gasteiger partial charge in [-0.3, -0.25) is 4.79 Å². The molecule has 2 N–H and O–H groups in total. The van der Waals surface area contributed by atoms with Crippen LogP contribution in [0.15, 0.2) is 60.7 Å². The molecule has 0 aliphatic carbocycles. The fraction of sp³-hybridized carbons (Fsp3) is 0.200. The van der Waals surface area contributed by atoms with E-state index in [0.29, 0.717) is 22.2 Å². The lowest BCUT2D eigenvalue weighted by atomic mass is 10.0. The quantitative estimate of drug-likeness (QED) is 0.483. The number of fused-ring (bicyclic) bond motifs is 1. The Bertz CT molecular complexity index is 1160. The number of nitrogens with one attached hydrogen (secondary N) is 1. The number of hydrogen-bond acceptors (Lipinski definition) is 3. The van der Waals surface area contributed by atoms with Crippen LogP contribution in [0.5, 0.6) is 0 Å². The Balaban J connectivity index is 1.57. The van der Waals surface area contributed by atoms with Crippen molar-refractivity contribution < 1.29 is 14.7 Å². The molecule has 1 aliphatic rings. The molecule has 5 nitrogen and oxygen atoms in total. The fourth-order valence-corrected chi connectivity index (χ4v) is 4.37. The van der Waals surface area contributed by atoms with E-state index in [1.807, 2.05) is 37.3 Å². The van der Waals surface area contributed by atoms with Gasteiger partial charge in [0.15, 0.2) is 0 Å². The molecule has 3 aromatic rings. The van der Waals surface area contributed by atoms with Gasteiger partial charge in [0.05, 0.1) is 22.9 Å². The number of rotatable bonds is 6. The molecule has 164 valence electrons. The van der Waals surface area contributed by atoms with E-state index in [9.17, 15) is 9.59 Å². The van der Waals surface area contributed by atoms with Crippen LogP contribution in [-0.2, 0) is 13.0 Å². The van der Waals surface area contributed by atoms with Crippen molar-refractivity contribution in [2.45, 2.75) is 25.9 Å². The molecule has 0 fully saturated rings. The van der Waals surface area contributed by atoms with Crippen LogP contribution in [0.4, 0.5) is 5.69 Å². The Labute approximate surface area is 196 Å². The third-order valence-corrected chi connectivity index (χ3v) is 6.13. The normalized spacial score (nSPS) is 13.5. The van der Waals surface area contributed by atoms with Gasteiger partial charge in [-0.25, -0.2) is 4.79 Å². The van der Waals surface area contributed by atoms with E-state index in [2.05, 4.69) is 10.2 Å². The maximum atomic E-state index is 13.3. The van der Waals surface area contributed by atoms with Gasteiger partial charge in [0.1, 0.15) is 0 Å². The van der Waals surface area contributed by atoms with Crippen LogP contribution in [0.1, 0.15) is 50.4 Å². The third-order valence-electron chi connectivity index (χ3n) is 5.66. The van der Waals surface area contributed by atoms with Crippen molar-refractivity contribution in [3.63, 3.8) is 0 Å². The van der Waals surface area contributed by atoms with Crippen LogP contribution in [0.25, 0.3) is 0 Å². The first kappa shape index (κ1) is 22.2. The number of hydrogen-bond donors (Lipinski definition) is 2. The van der Waals surface area contributed by atoms with Crippen molar-refractivity contribution in [3.8, 4) is 0 Å². The first-order chi connectivity index (χ1) is 15.3. The van der Waals surface area contributed by atoms with Crippen LogP contribution in [0.3, 0.4) is 0 Å². The number of carboxylic acid groups (broad SMARTS) is 1. The lowest BCUT2D eigenvalue weighted by Gasteiger charge is -2.23. The SMILES string of the molecule is C[C@H](NC(=O)c1cc(Cl)cc2c1N(Cc1ccc(Cl)cc1)CC2)c1ccc(C(=O)O)cc1. The van der Waals surface area contributed by atoms with E-state index in [1.54, 1.807) is 18.2 Å². The number of nitrogens with zero attached hydrogens (tertiary/aromatic N) is 1. The van der Waals surface area contributed by atoms with E-state index in [1.165, 1.54) is 12.1 Å². The highest BCUT2D eigenvalue weighted by molar-refractivity contribution is 6.31. The maximum Gasteiger partial charge on any atom is 0.335 e. The predicted molar refractivity (Wildman–Crippen MR) is 127 cm³/mol. The van der Waals surface area contributed by atoms with Crippen molar-refractivity contribution >= 4 is 40.8 Å². The molecule has 0 spiro atoms. The zero-order valence-corrected chi connectivity index (χ0v) is 19.0. The van der Waals surface area contributed by atoms with Crippen molar-refractivity contribution in [1.82, 2.24) is 5.32 Å². The van der Waals surface area contributed by atoms with E-state index in [4.69, 9.17) is 28.3 Å². The highest BCUT2D eigenvalue weighted by Gasteiger charge is 2.27. The van der Waals surface area contributed by atoms with Gasteiger partial charge in [0.2, 0.25) is 0 Å². The zero-order valence-electron chi connectivity index (χ0n) is 17.4. The molecule has 0 saturated carbocycles. The summed E-state index contributed by atoms with van der Waals surface area (Å²) >= 11 is 12.3. The molecule has 1 heterocycles. The number of carboxylic acids is 1. The topological polar surface area (TPSA) is 69.6 Å². The molecule has 3 aromatic carbocycles. The smallest absolute Gasteiger partial charge is 0.335 e. The average Bonchev–Trinajstić information content (AvgIpc) is 3.17. The summed E-state index contributed by atoms with van der Waals surface area (Å²) in [6.07, 6.45) is 0.815. The Hall–Kier alpha value is -3.02. The molecular weight excluding hydrogens is 447 g/mol. The fourth-order valence-electron chi connectivity index (χ4n) is 4.00. The Morgan fingerprint density at radius 2 is 1.72 bits per heavy atom. The molecule has 1 atom stereocenters. The minimum atomic E-state index is -0.983. The average molecular weight is 469 g/mol. The summed E-state index contributed by atoms with van der Waals surface area (Å²) in [5.41, 5.74) is 4.62. The number of carbonyl (C=O) groups is 2. The molecule has 0 radical (unpaired) electrons. The van der Waals surface area contributed by atoms with Crippen LogP contribution < -0.4 is 10.2 Å². The van der Waals surface area contributed by atoms with Crippen LogP contribution in [0.2, 0.25) is 10.0 Å². The Kier molecular flexibility index (Phi) is 6.40. The molecule has 1 aliphatic heterocycles. The number of halogens is 2. The second-order valence-electron chi connectivity index (χ2n) is 7.88. The van der Waals surface area contributed by atoms with Crippen LogP contribution in [0, 0.1) is 0 Å². The van der Waals surface area contributed by atoms with Crippen molar-refractivity contribution in [3.05, 3.63) is 98.5 Å². The van der Waals surface area contributed by atoms with Gasteiger partial charge >= 0.3 is 5.97 Å². The van der Waals surface area contributed by atoms with Gasteiger partial charge in [-0.05, 0) is 66.4 Å². The minimum Gasteiger partial charge on any atom is -0.478 e. The molecule has 0 bridgehead atoms. The second kappa shape index (κ2) is 9.23. The number of amides is 1. The van der Waals surface area contributed by atoms with Crippen molar-refractivity contribution in [2.24, 2.45) is 0 Å². The molecule has 0 saturated heterocycles. The standard InChI is InChI=1S/C25H22Cl2N2O3/c1-15(17-4-6-18(7-5-17)25(31)32)28-24(30)22-13-21(27)12-19-10-11-29(23(19)22)14-16-2-8-20(26)9-3-16/h2-9,12-13,15H,10-11,14H2,1H3,(H,28,30)(H,31,32)/t15-/m0/s1. The van der Waals surface area contributed by atoms with Gasteiger partial charge in [-0.1, -0.05) is 47.5 Å². The summed E-state index contributed by atoms with van der Waals surface area (Å²) in [5, 5.41) is 13.3. The lowest BCUT2D eigenvalue weighted by molar-refractivity contribution is 0.0696. The lowest BCUT2D eigenvalue weighted by Crippen LogP contribution is -2.29. The largest absolute Gasteiger partial charge is 0.478 e. The van der Waals surface area contributed by atoms with Crippen LogP contribution >= 0.6 is 23.2 Å². The van der Waals surface area contributed by atoms with Crippen molar-refractivity contribution in [2.75, 3.05) is 11.4 Å². The maximum absolute atomic E-state index is 13.3. The molecule has 7 heteroatoms. The summed E-state index contributed by atoms with van der Waals surface area (Å²) in [7, 11) is 0. The summed E-state index contributed by atoms with van der Waals surface area (Å²) in [6.45, 7) is 3.33. The predicted octanol–water partition coefficient (Wildman–Crippen LogP) is 5.75.